The van der Waals surface area contributed by atoms with E-state index in [-0.39, 0.29) is 13.1 Å². The van der Waals surface area contributed by atoms with Crippen LogP contribution in [-0.2, 0) is 4.79 Å². The third-order valence-corrected chi connectivity index (χ3v) is 3.66. The number of carbonyl (C=O) groups excluding carboxylic acids is 1. The molecule has 1 N–H and O–H groups in total. The number of para-hydroxylation sites is 1. The second kappa shape index (κ2) is 5.55. The number of nitrogens with zero attached hydrogens (tertiary/aromatic N) is 2. The summed E-state index contributed by atoms with van der Waals surface area (Å²) in [7, 11) is 0. The largest absolute Gasteiger partial charge is 0.426 e. The number of halogens is 3. The molecular formula is C14H17F3N2O2. The van der Waals surface area contributed by atoms with Crippen LogP contribution in [0.2, 0.25) is 0 Å². The maximum Gasteiger partial charge on any atom is 0.426 e. The van der Waals surface area contributed by atoms with Gasteiger partial charge in [0.15, 0.2) is 0 Å². The second-order valence-electron chi connectivity index (χ2n) is 5.18. The number of hydrogen-bond acceptors (Lipinski definition) is 3. The van der Waals surface area contributed by atoms with Crippen molar-refractivity contribution in [2.45, 2.75) is 18.7 Å². The van der Waals surface area contributed by atoms with Crippen LogP contribution in [0, 0.1) is 0 Å². The first-order valence-electron chi connectivity index (χ1n) is 6.62. The summed E-state index contributed by atoms with van der Waals surface area (Å²) in [6.07, 6.45) is -4.97. The Morgan fingerprint density at radius 2 is 1.62 bits per heavy atom. The second-order valence-corrected chi connectivity index (χ2v) is 5.18. The summed E-state index contributed by atoms with van der Waals surface area (Å²) < 4.78 is 38.0. The summed E-state index contributed by atoms with van der Waals surface area (Å²) in [6, 6.07) is 9.44. The average molecular weight is 302 g/mol. The maximum atomic E-state index is 12.7. The molecule has 0 radical (unpaired) electrons. The molecule has 1 heterocycles. The highest BCUT2D eigenvalue weighted by Crippen LogP contribution is 2.32. The highest BCUT2D eigenvalue weighted by Gasteiger charge is 2.57. The van der Waals surface area contributed by atoms with Crippen molar-refractivity contribution in [1.82, 2.24) is 4.90 Å². The van der Waals surface area contributed by atoms with E-state index in [0.29, 0.717) is 20.0 Å². The Kier molecular flexibility index (Phi) is 4.13. The molecule has 0 spiro atoms. The third-order valence-electron chi connectivity index (χ3n) is 3.66. The molecule has 1 aliphatic rings. The molecule has 7 heteroatoms. The molecule has 0 aromatic heterocycles. The van der Waals surface area contributed by atoms with Crippen molar-refractivity contribution in [1.29, 1.82) is 0 Å². The van der Waals surface area contributed by atoms with Gasteiger partial charge >= 0.3 is 6.18 Å². The number of hydrogen-bond donors (Lipinski definition) is 1. The van der Waals surface area contributed by atoms with Crippen LogP contribution in [0.5, 0.6) is 0 Å². The van der Waals surface area contributed by atoms with Gasteiger partial charge in [-0.2, -0.15) is 13.2 Å². The number of benzene rings is 1. The molecule has 0 unspecified atom stereocenters. The minimum Gasteiger partial charge on any atom is -0.373 e. The van der Waals surface area contributed by atoms with E-state index in [2.05, 4.69) is 0 Å². The molecule has 1 aromatic carbocycles. The van der Waals surface area contributed by atoms with Gasteiger partial charge in [0.1, 0.15) is 0 Å². The number of anilines is 1. The molecule has 1 aromatic rings. The molecule has 1 fully saturated rings. The van der Waals surface area contributed by atoms with Crippen molar-refractivity contribution in [3.05, 3.63) is 30.3 Å². The van der Waals surface area contributed by atoms with Gasteiger partial charge in [0.2, 0.25) is 5.60 Å². The number of aliphatic hydroxyl groups is 1. The van der Waals surface area contributed by atoms with Crippen molar-refractivity contribution < 1.29 is 23.1 Å². The van der Waals surface area contributed by atoms with E-state index in [1.54, 1.807) is 0 Å². The lowest BCUT2D eigenvalue weighted by atomic mass is 10.0. The van der Waals surface area contributed by atoms with Gasteiger partial charge in [-0.3, -0.25) is 4.79 Å². The highest BCUT2D eigenvalue weighted by atomic mass is 19.4. The van der Waals surface area contributed by atoms with E-state index in [4.69, 9.17) is 0 Å². The summed E-state index contributed by atoms with van der Waals surface area (Å²) in [5.74, 6) is -1.29. The smallest absolute Gasteiger partial charge is 0.373 e. The van der Waals surface area contributed by atoms with Gasteiger partial charge in [0, 0.05) is 31.9 Å². The van der Waals surface area contributed by atoms with Gasteiger partial charge in [0.25, 0.3) is 5.91 Å². The first-order chi connectivity index (χ1) is 9.73. The lowest BCUT2D eigenvalue weighted by Gasteiger charge is -2.39. The van der Waals surface area contributed by atoms with Crippen LogP contribution in [0.3, 0.4) is 0 Å². The molecular weight excluding hydrogens is 285 g/mol. The lowest BCUT2D eigenvalue weighted by Crippen LogP contribution is -2.60. The minimum atomic E-state index is -4.97. The predicted molar refractivity (Wildman–Crippen MR) is 71.9 cm³/mol. The van der Waals surface area contributed by atoms with Gasteiger partial charge in [-0.25, -0.2) is 0 Å². The van der Waals surface area contributed by atoms with Crippen molar-refractivity contribution >= 4 is 11.6 Å². The van der Waals surface area contributed by atoms with E-state index in [1.807, 2.05) is 35.2 Å². The monoisotopic (exact) mass is 302 g/mol. The minimum absolute atomic E-state index is 0.153. The average Bonchev–Trinajstić information content (AvgIpc) is 2.46. The summed E-state index contributed by atoms with van der Waals surface area (Å²) in [5, 5.41) is 9.42. The predicted octanol–water partition coefficient (Wildman–Crippen LogP) is 1.65. The van der Waals surface area contributed by atoms with E-state index in [0.717, 1.165) is 10.6 Å². The third kappa shape index (κ3) is 3.12. The Hall–Kier alpha value is -1.76. The molecule has 4 nitrogen and oxygen atoms in total. The molecule has 116 valence electrons. The molecule has 0 aliphatic carbocycles. The van der Waals surface area contributed by atoms with E-state index >= 15 is 0 Å². The van der Waals surface area contributed by atoms with Gasteiger partial charge in [-0.05, 0) is 19.1 Å². The molecule has 0 bridgehead atoms. The van der Waals surface area contributed by atoms with Crippen molar-refractivity contribution in [3.63, 3.8) is 0 Å². The van der Waals surface area contributed by atoms with Crippen molar-refractivity contribution in [3.8, 4) is 0 Å². The van der Waals surface area contributed by atoms with Crippen LogP contribution < -0.4 is 4.90 Å². The molecule has 0 saturated carbocycles. The van der Waals surface area contributed by atoms with E-state index < -0.39 is 17.7 Å². The Labute approximate surface area is 120 Å². The quantitative estimate of drug-likeness (QED) is 0.903. The zero-order valence-electron chi connectivity index (χ0n) is 11.6. The molecule has 21 heavy (non-hydrogen) atoms. The van der Waals surface area contributed by atoms with Gasteiger partial charge in [-0.15, -0.1) is 0 Å². The standard InChI is InChI=1S/C14H17F3N2O2/c1-13(21,14(15,16)17)12(20)19-9-7-18(8-10-19)11-5-3-2-4-6-11/h2-6,21H,7-10H2,1H3/t13-/m1/s1. The molecule has 2 rings (SSSR count). The molecule has 1 saturated heterocycles. The van der Waals surface area contributed by atoms with E-state index in [9.17, 15) is 23.1 Å². The Morgan fingerprint density at radius 1 is 1.10 bits per heavy atom. The Bertz CT molecular complexity index is 495. The summed E-state index contributed by atoms with van der Waals surface area (Å²) in [4.78, 5) is 14.9. The zero-order chi connectivity index (χ0) is 15.7. The van der Waals surface area contributed by atoms with Crippen molar-refractivity contribution in [2.75, 3.05) is 31.1 Å². The van der Waals surface area contributed by atoms with Gasteiger partial charge < -0.3 is 14.9 Å². The number of amides is 1. The zero-order valence-corrected chi connectivity index (χ0v) is 11.6. The Morgan fingerprint density at radius 3 is 2.10 bits per heavy atom. The van der Waals surface area contributed by atoms with E-state index in [1.165, 1.54) is 0 Å². The van der Waals surface area contributed by atoms with Crippen molar-refractivity contribution in [2.24, 2.45) is 0 Å². The topological polar surface area (TPSA) is 43.8 Å². The summed E-state index contributed by atoms with van der Waals surface area (Å²) in [5.41, 5.74) is -2.37. The highest BCUT2D eigenvalue weighted by molar-refractivity contribution is 5.85. The first kappa shape index (κ1) is 15.6. The van der Waals surface area contributed by atoms with Crippen LogP contribution in [0.25, 0.3) is 0 Å². The van der Waals surface area contributed by atoms with Crippen LogP contribution in [-0.4, -0.2) is 53.9 Å². The fourth-order valence-electron chi connectivity index (χ4n) is 2.24. The number of carbonyl (C=O) groups is 1. The summed E-state index contributed by atoms with van der Waals surface area (Å²) in [6.45, 7) is 1.67. The van der Waals surface area contributed by atoms with Crippen LogP contribution >= 0.6 is 0 Å². The molecule has 1 amide bonds. The molecule has 1 atom stereocenters. The van der Waals surface area contributed by atoms with Gasteiger partial charge in [0.05, 0.1) is 0 Å². The number of rotatable bonds is 2. The summed E-state index contributed by atoms with van der Waals surface area (Å²) >= 11 is 0. The fourth-order valence-corrected chi connectivity index (χ4v) is 2.24. The van der Waals surface area contributed by atoms with Crippen LogP contribution in [0.4, 0.5) is 18.9 Å². The Balaban J connectivity index is 2.00. The number of piperazine rings is 1. The SMILES string of the molecule is C[C@@](O)(C(=O)N1CCN(c2ccccc2)CC1)C(F)(F)F. The van der Waals surface area contributed by atoms with Crippen LogP contribution in [0.15, 0.2) is 30.3 Å². The maximum absolute atomic E-state index is 12.7. The lowest BCUT2D eigenvalue weighted by molar-refractivity contribution is -0.250. The van der Waals surface area contributed by atoms with Crippen LogP contribution in [0.1, 0.15) is 6.92 Å². The normalized spacial score (nSPS) is 19.3. The fraction of sp³-hybridized carbons (Fsp3) is 0.500. The first-order valence-corrected chi connectivity index (χ1v) is 6.62. The van der Waals surface area contributed by atoms with Gasteiger partial charge in [-0.1, -0.05) is 18.2 Å². The molecule has 1 aliphatic heterocycles. The number of alkyl halides is 3.